The summed E-state index contributed by atoms with van der Waals surface area (Å²) < 4.78 is 38.6. The normalized spacial score (nSPS) is 18.6. The second kappa shape index (κ2) is 6.40. The second-order valence-electron chi connectivity index (χ2n) is 6.83. The van der Waals surface area contributed by atoms with Gasteiger partial charge in [-0.1, -0.05) is 5.21 Å². The van der Waals surface area contributed by atoms with Gasteiger partial charge in [-0.25, -0.2) is 9.07 Å². The second-order valence-corrected chi connectivity index (χ2v) is 6.83. The molecule has 134 valence electrons. The highest BCUT2D eigenvalue weighted by atomic mass is 19.1. The van der Waals surface area contributed by atoms with E-state index in [1.807, 2.05) is 27.7 Å². The number of halogens is 1. The minimum atomic E-state index is -0.754. The molecule has 25 heavy (non-hydrogen) atoms. The van der Waals surface area contributed by atoms with Crippen molar-refractivity contribution in [2.24, 2.45) is 0 Å². The van der Waals surface area contributed by atoms with Crippen LogP contribution >= 0.6 is 0 Å². The minimum Gasteiger partial charge on any atom is -0.468 e. The van der Waals surface area contributed by atoms with E-state index in [1.165, 1.54) is 30.1 Å². The molecule has 7 nitrogen and oxygen atoms in total. The Hall–Kier alpha value is -1.97. The summed E-state index contributed by atoms with van der Waals surface area (Å²) in [7, 11) is 0.757. The summed E-state index contributed by atoms with van der Waals surface area (Å²) in [5, 5.41) is 7.52. The highest BCUT2D eigenvalue weighted by molar-refractivity contribution is 6.63. The van der Waals surface area contributed by atoms with Gasteiger partial charge < -0.3 is 18.8 Å². The molecule has 1 aliphatic rings. The van der Waals surface area contributed by atoms with E-state index >= 15 is 0 Å². The lowest BCUT2D eigenvalue weighted by molar-refractivity contribution is 0.00578. The Kier molecular flexibility index (Phi) is 4.57. The summed E-state index contributed by atoms with van der Waals surface area (Å²) in [5.74, 6) is -0.0905. The van der Waals surface area contributed by atoms with Crippen molar-refractivity contribution in [3.05, 3.63) is 30.3 Å². The number of nitrogens with zero attached hydrogens (tertiary/aromatic N) is 3. The van der Waals surface area contributed by atoms with Gasteiger partial charge in [0.25, 0.3) is 0 Å². The number of rotatable bonds is 5. The Labute approximate surface area is 146 Å². The van der Waals surface area contributed by atoms with Gasteiger partial charge in [-0.3, -0.25) is 0 Å². The smallest absolute Gasteiger partial charge is 0.468 e. The van der Waals surface area contributed by atoms with Crippen LogP contribution in [0.1, 0.15) is 27.7 Å². The number of hydrogen-bond donors (Lipinski definition) is 0. The van der Waals surface area contributed by atoms with Gasteiger partial charge in [-0.2, -0.15) is 0 Å². The van der Waals surface area contributed by atoms with E-state index in [0.29, 0.717) is 11.2 Å². The highest BCUT2D eigenvalue weighted by Crippen LogP contribution is 2.37. The van der Waals surface area contributed by atoms with E-state index in [2.05, 4.69) is 10.3 Å². The molecule has 3 rings (SSSR count). The predicted octanol–water partition coefficient (Wildman–Crippen LogP) is 1.69. The van der Waals surface area contributed by atoms with Crippen LogP contribution in [0.15, 0.2) is 24.5 Å². The van der Waals surface area contributed by atoms with Crippen LogP contribution in [0.25, 0.3) is 5.69 Å². The van der Waals surface area contributed by atoms with Crippen molar-refractivity contribution in [3.63, 3.8) is 0 Å². The van der Waals surface area contributed by atoms with Crippen LogP contribution in [0, 0.1) is 5.82 Å². The Balaban J connectivity index is 2.02. The Morgan fingerprint density at radius 3 is 2.44 bits per heavy atom. The van der Waals surface area contributed by atoms with Gasteiger partial charge in [0.1, 0.15) is 17.3 Å². The SMILES string of the molecule is COCOc1cc(-n2ccnn2)c(F)cc1B1OC(C)(C)C(C)(C)O1. The van der Waals surface area contributed by atoms with Crippen LogP contribution in [0.4, 0.5) is 4.39 Å². The maximum absolute atomic E-state index is 14.7. The van der Waals surface area contributed by atoms with Crippen molar-refractivity contribution in [1.82, 2.24) is 15.0 Å². The Morgan fingerprint density at radius 2 is 1.88 bits per heavy atom. The summed E-state index contributed by atoms with van der Waals surface area (Å²) in [5.41, 5.74) is -0.421. The van der Waals surface area contributed by atoms with E-state index in [9.17, 15) is 4.39 Å². The molecule has 0 atom stereocenters. The first-order chi connectivity index (χ1) is 11.7. The van der Waals surface area contributed by atoms with E-state index in [4.69, 9.17) is 18.8 Å². The highest BCUT2D eigenvalue weighted by Gasteiger charge is 2.52. The Morgan fingerprint density at radius 1 is 1.20 bits per heavy atom. The number of aromatic nitrogens is 3. The molecule has 1 aromatic carbocycles. The van der Waals surface area contributed by atoms with Crippen LogP contribution in [0.3, 0.4) is 0 Å². The van der Waals surface area contributed by atoms with Gasteiger partial charge in [-0.05, 0) is 33.8 Å². The van der Waals surface area contributed by atoms with E-state index in [-0.39, 0.29) is 12.5 Å². The molecule has 1 fully saturated rings. The largest absolute Gasteiger partial charge is 0.498 e. The third-order valence-electron chi connectivity index (χ3n) is 4.59. The van der Waals surface area contributed by atoms with Crippen molar-refractivity contribution in [2.75, 3.05) is 13.9 Å². The molecule has 0 aliphatic carbocycles. The van der Waals surface area contributed by atoms with Gasteiger partial charge in [0.2, 0.25) is 0 Å². The first-order valence-electron chi connectivity index (χ1n) is 7.93. The van der Waals surface area contributed by atoms with E-state index < -0.39 is 24.1 Å². The molecule has 0 unspecified atom stereocenters. The molecule has 2 aromatic rings. The van der Waals surface area contributed by atoms with Crippen LogP contribution in [-0.2, 0) is 14.0 Å². The quantitative estimate of drug-likeness (QED) is 0.605. The summed E-state index contributed by atoms with van der Waals surface area (Å²) >= 11 is 0. The monoisotopic (exact) mass is 349 g/mol. The molecule has 0 bridgehead atoms. The fraction of sp³-hybridized carbons (Fsp3) is 0.500. The zero-order chi connectivity index (χ0) is 18.2. The molecular weight excluding hydrogens is 328 g/mol. The van der Waals surface area contributed by atoms with E-state index in [1.54, 1.807) is 6.20 Å². The fourth-order valence-electron chi connectivity index (χ4n) is 2.47. The van der Waals surface area contributed by atoms with Crippen LogP contribution in [-0.4, -0.2) is 47.2 Å². The van der Waals surface area contributed by atoms with Gasteiger partial charge in [-0.15, -0.1) is 5.10 Å². The third kappa shape index (κ3) is 3.27. The topological polar surface area (TPSA) is 67.6 Å². The molecule has 0 radical (unpaired) electrons. The molecule has 0 spiro atoms. The van der Waals surface area contributed by atoms with E-state index in [0.717, 1.165) is 0 Å². The zero-order valence-electron chi connectivity index (χ0n) is 14.9. The molecule has 1 aromatic heterocycles. The Bertz CT molecular complexity index is 736. The fourth-order valence-corrected chi connectivity index (χ4v) is 2.47. The summed E-state index contributed by atoms with van der Waals surface area (Å²) in [6.07, 6.45) is 3.02. The summed E-state index contributed by atoms with van der Waals surface area (Å²) in [4.78, 5) is 0. The standard InChI is InChI=1S/C16H21BFN3O4/c1-15(2)16(3,4)25-17(24-15)11-8-12(18)13(21-7-6-19-20-21)9-14(11)23-10-22-5/h6-9H,10H2,1-5H3. The zero-order valence-corrected chi connectivity index (χ0v) is 14.9. The summed E-state index contributed by atoms with van der Waals surface area (Å²) in [6.45, 7) is 7.74. The lowest BCUT2D eigenvalue weighted by atomic mass is 9.78. The number of ether oxygens (including phenoxy) is 2. The van der Waals surface area contributed by atoms with Crippen LogP contribution < -0.4 is 10.2 Å². The maximum Gasteiger partial charge on any atom is 0.498 e. The minimum absolute atomic E-state index is 0.00886. The van der Waals surface area contributed by atoms with Crippen molar-refractivity contribution in [2.45, 2.75) is 38.9 Å². The predicted molar refractivity (Wildman–Crippen MR) is 89.5 cm³/mol. The first-order valence-corrected chi connectivity index (χ1v) is 7.93. The van der Waals surface area contributed by atoms with Crippen LogP contribution in [0.2, 0.25) is 0 Å². The number of benzene rings is 1. The molecule has 0 saturated carbocycles. The average molecular weight is 349 g/mol. The number of hydrogen-bond acceptors (Lipinski definition) is 6. The lowest BCUT2D eigenvalue weighted by Crippen LogP contribution is -2.41. The van der Waals surface area contributed by atoms with Crippen molar-refractivity contribution in [3.8, 4) is 11.4 Å². The van der Waals surface area contributed by atoms with Gasteiger partial charge in [0.15, 0.2) is 6.79 Å². The first kappa shape index (κ1) is 17.8. The summed E-state index contributed by atoms with van der Waals surface area (Å²) in [6, 6.07) is 2.87. The maximum atomic E-state index is 14.7. The molecule has 1 saturated heterocycles. The molecule has 2 heterocycles. The number of methoxy groups -OCH3 is 1. The van der Waals surface area contributed by atoms with Crippen LogP contribution in [0.5, 0.6) is 5.75 Å². The molecule has 1 aliphatic heterocycles. The molecular formula is C16H21BFN3O4. The van der Waals surface area contributed by atoms with Gasteiger partial charge in [0.05, 0.1) is 23.6 Å². The van der Waals surface area contributed by atoms with Gasteiger partial charge >= 0.3 is 7.12 Å². The van der Waals surface area contributed by atoms with Crippen molar-refractivity contribution < 1.29 is 23.2 Å². The third-order valence-corrected chi connectivity index (χ3v) is 4.59. The average Bonchev–Trinajstić information content (AvgIpc) is 3.12. The van der Waals surface area contributed by atoms with Gasteiger partial charge in [0, 0.05) is 18.6 Å². The molecule has 0 N–H and O–H groups in total. The molecule has 9 heteroatoms. The lowest BCUT2D eigenvalue weighted by Gasteiger charge is -2.32. The van der Waals surface area contributed by atoms with Crippen molar-refractivity contribution >= 4 is 12.6 Å². The van der Waals surface area contributed by atoms with Crippen molar-refractivity contribution in [1.29, 1.82) is 0 Å². The molecule has 0 amide bonds.